The summed E-state index contributed by atoms with van der Waals surface area (Å²) in [6, 6.07) is 6.16. The molecule has 0 atom stereocenters. The summed E-state index contributed by atoms with van der Waals surface area (Å²) in [7, 11) is 3.61. The first-order valence-corrected chi connectivity index (χ1v) is 4.79. The van der Waals surface area contributed by atoms with Crippen LogP contribution in [0.15, 0.2) is 23.0 Å². The Morgan fingerprint density at radius 2 is 1.62 bits per heavy atom. The molecule has 0 aliphatic heterocycles. The third-order valence-electron chi connectivity index (χ3n) is 2.74. The van der Waals surface area contributed by atoms with Crippen molar-refractivity contribution in [3.05, 3.63) is 34.2 Å². The maximum atomic E-state index is 11.6. The van der Waals surface area contributed by atoms with Crippen LogP contribution >= 0.6 is 0 Å². The Hall–Kier alpha value is -1.51. The van der Waals surface area contributed by atoms with Crippen molar-refractivity contribution in [3.8, 4) is 0 Å². The molecule has 0 unspecified atom stereocenters. The molecule has 0 spiro atoms. The lowest BCUT2D eigenvalue weighted by atomic mass is 10.1. The zero-order valence-electron chi connectivity index (χ0n) is 8.74. The Balaban J connectivity index is 0.00000112. The van der Waals surface area contributed by atoms with Crippen molar-refractivity contribution >= 4 is 11.0 Å². The van der Waals surface area contributed by atoms with Gasteiger partial charge in [0.15, 0.2) is 0 Å². The Bertz CT molecular complexity index is 535. The minimum absolute atomic E-state index is 0. The molecule has 16 heavy (non-hydrogen) atoms. The molecule has 0 fully saturated rings. The molecular weight excluding hydrogens is 200 g/mol. The van der Waals surface area contributed by atoms with E-state index in [0.717, 1.165) is 17.5 Å². The summed E-state index contributed by atoms with van der Waals surface area (Å²) in [5.41, 5.74) is 3.30. The van der Waals surface area contributed by atoms with E-state index >= 15 is 0 Å². The lowest BCUT2D eigenvalue weighted by molar-refractivity contribution is 0.795. The van der Waals surface area contributed by atoms with Gasteiger partial charge in [0, 0.05) is 14.1 Å². The van der Waals surface area contributed by atoms with Crippen molar-refractivity contribution in [1.82, 2.24) is 9.13 Å². The summed E-state index contributed by atoms with van der Waals surface area (Å²) < 4.78 is 3.36. The van der Waals surface area contributed by atoms with Gasteiger partial charge in [0.1, 0.15) is 0 Å². The second-order valence-corrected chi connectivity index (χ2v) is 3.58. The summed E-state index contributed by atoms with van der Waals surface area (Å²) in [6.07, 6.45) is 0.999. The van der Waals surface area contributed by atoms with Crippen LogP contribution < -0.4 is 5.69 Å². The van der Waals surface area contributed by atoms with Gasteiger partial charge in [-0.25, -0.2) is 4.79 Å². The van der Waals surface area contributed by atoms with Gasteiger partial charge in [-0.05, 0) is 24.1 Å². The van der Waals surface area contributed by atoms with Gasteiger partial charge in [-0.15, -0.1) is 0 Å². The molecule has 3 nitrogen and oxygen atoms in total. The second-order valence-electron chi connectivity index (χ2n) is 3.58. The molecule has 0 aliphatic carbocycles. The fraction of sp³-hybridized carbons (Fsp3) is 0.462. The van der Waals surface area contributed by atoms with E-state index in [1.807, 2.05) is 13.1 Å². The van der Waals surface area contributed by atoms with E-state index in [1.165, 1.54) is 5.56 Å². The molecule has 1 aromatic heterocycles. The van der Waals surface area contributed by atoms with E-state index in [0.29, 0.717) is 0 Å². The van der Waals surface area contributed by atoms with Gasteiger partial charge >= 0.3 is 5.69 Å². The molecule has 0 saturated carbocycles. The molecule has 0 bridgehead atoms. The van der Waals surface area contributed by atoms with Gasteiger partial charge in [0.2, 0.25) is 0 Å². The van der Waals surface area contributed by atoms with Crippen molar-refractivity contribution in [3.63, 3.8) is 0 Å². The van der Waals surface area contributed by atoms with Gasteiger partial charge in [-0.3, -0.25) is 9.13 Å². The van der Waals surface area contributed by atoms with Gasteiger partial charge in [0.25, 0.3) is 0 Å². The molecule has 3 heteroatoms. The Morgan fingerprint density at radius 3 is 2.19 bits per heavy atom. The van der Waals surface area contributed by atoms with Crippen LogP contribution in [0.2, 0.25) is 0 Å². The summed E-state index contributed by atoms with van der Waals surface area (Å²) >= 11 is 0. The van der Waals surface area contributed by atoms with Crippen LogP contribution in [0.1, 0.15) is 27.3 Å². The molecule has 2 aromatic rings. The van der Waals surface area contributed by atoms with Gasteiger partial charge < -0.3 is 0 Å². The van der Waals surface area contributed by atoms with E-state index in [1.54, 1.807) is 16.2 Å². The number of nitrogens with zero attached hydrogens (tertiary/aromatic N) is 2. The van der Waals surface area contributed by atoms with Crippen molar-refractivity contribution in [2.75, 3.05) is 0 Å². The predicted octanol–water partition coefficient (Wildman–Crippen LogP) is 2.71. The second kappa shape index (κ2) is 5.01. The maximum Gasteiger partial charge on any atom is 0.328 e. The molecule has 2 rings (SSSR count). The number of hydrogen-bond acceptors (Lipinski definition) is 1. The number of aryl methyl sites for hydroxylation is 3. The van der Waals surface area contributed by atoms with Crippen molar-refractivity contribution in [2.24, 2.45) is 14.1 Å². The Labute approximate surface area is 97.3 Å². The number of fused-ring (bicyclic) bond motifs is 1. The average molecular weight is 222 g/mol. The van der Waals surface area contributed by atoms with Crippen LogP contribution in [-0.2, 0) is 20.5 Å². The third-order valence-corrected chi connectivity index (χ3v) is 2.74. The molecule has 1 aromatic carbocycles. The fourth-order valence-electron chi connectivity index (χ4n) is 1.77. The van der Waals surface area contributed by atoms with Crippen LogP contribution in [0.3, 0.4) is 0 Å². The average Bonchev–Trinajstić information content (AvgIpc) is 2.44. The van der Waals surface area contributed by atoms with Crippen molar-refractivity contribution in [2.45, 2.75) is 28.2 Å². The molecule has 1 heterocycles. The van der Waals surface area contributed by atoms with E-state index in [2.05, 4.69) is 19.1 Å². The molecule has 90 valence electrons. The molecule has 0 aliphatic rings. The molecular formula is C13H22N2O. The lowest BCUT2D eigenvalue weighted by Crippen LogP contribution is -2.19. The van der Waals surface area contributed by atoms with Crippen molar-refractivity contribution in [1.29, 1.82) is 0 Å². The number of hydrogen-bond donors (Lipinski definition) is 0. The highest BCUT2D eigenvalue weighted by molar-refractivity contribution is 5.76. The minimum atomic E-state index is 0. The highest BCUT2D eigenvalue weighted by Gasteiger charge is 2.06. The third kappa shape index (κ3) is 1.90. The molecule has 0 saturated heterocycles. The highest BCUT2D eigenvalue weighted by Crippen LogP contribution is 2.13. The normalized spacial score (nSPS) is 9.69. The van der Waals surface area contributed by atoms with E-state index in [-0.39, 0.29) is 20.5 Å². The van der Waals surface area contributed by atoms with Gasteiger partial charge in [-0.2, -0.15) is 0 Å². The number of aromatic nitrogens is 2. The van der Waals surface area contributed by atoms with E-state index in [9.17, 15) is 4.79 Å². The standard InChI is InChI=1S/C11H14N2O.2CH4/c1-4-8-5-6-9-10(7-8)13(3)11(14)12(9)2;;/h5-7H,4H2,1-3H3;2*1H4. The van der Waals surface area contributed by atoms with Crippen LogP contribution in [-0.4, -0.2) is 9.13 Å². The first-order chi connectivity index (χ1) is 6.65. The monoisotopic (exact) mass is 222 g/mol. The summed E-state index contributed by atoms with van der Waals surface area (Å²) in [4.78, 5) is 11.6. The van der Waals surface area contributed by atoms with E-state index in [4.69, 9.17) is 0 Å². The maximum absolute atomic E-state index is 11.6. The summed E-state index contributed by atoms with van der Waals surface area (Å²) in [5.74, 6) is 0. The number of benzene rings is 1. The smallest absolute Gasteiger partial charge is 0.295 e. The van der Waals surface area contributed by atoms with Crippen LogP contribution in [0.4, 0.5) is 0 Å². The first kappa shape index (κ1) is 14.5. The molecule has 0 amide bonds. The highest BCUT2D eigenvalue weighted by atomic mass is 16.1. The number of imidazole rings is 1. The predicted molar refractivity (Wildman–Crippen MR) is 71.0 cm³/mol. The van der Waals surface area contributed by atoms with E-state index < -0.39 is 0 Å². The van der Waals surface area contributed by atoms with Crippen LogP contribution in [0, 0.1) is 0 Å². The minimum Gasteiger partial charge on any atom is -0.295 e. The molecule has 0 N–H and O–H groups in total. The Morgan fingerprint density at radius 1 is 1.06 bits per heavy atom. The number of rotatable bonds is 1. The fourth-order valence-corrected chi connectivity index (χ4v) is 1.77. The summed E-state index contributed by atoms with van der Waals surface area (Å²) in [5, 5.41) is 0. The van der Waals surface area contributed by atoms with Crippen LogP contribution in [0.5, 0.6) is 0 Å². The first-order valence-electron chi connectivity index (χ1n) is 4.79. The zero-order valence-corrected chi connectivity index (χ0v) is 8.74. The van der Waals surface area contributed by atoms with Gasteiger partial charge in [0.05, 0.1) is 11.0 Å². The topological polar surface area (TPSA) is 26.9 Å². The quantitative estimate of drug-likeness (QED) is 0.729. The zero-order chi connectivity index (χ0) is 10.3. The largest absolute Gasteiger partial charge is 0.328 e. The summed E-state index contributed by atoms with van der Waals surface area (Å²) in [6.45, 7) is 2.11. The van der Waals surface area contributed by atoms with Crippen LogP contribution in [0.25, 0.3) is 11.0 Å². The van der Waals surface area contributed by atoms with Crippen molar-refractivity contribution < 1.29 is 0 Å². The Kier molecular flexibility index (Phi) is 4.54. The lowest BCUT2D eigenvalue weighted by Gasteiger charge is -1.98. The molecule has 0 radical (unpaired) electrons. The SMILES string of the molecule is C.C.CCc1ccc2c(c1)n(C)c(=O)n2C. The van der Waals surface area contributed by atoms with Gasteiger partial charge in [-0.1, -0.05) is 27.8 Å².